The Hall–Kier alpha value is -0.736. The molecular formula is C24H31Cl2N2Ti-3. The predicted molar refractivity (Wildman–Crippen MR) is 125 cm³/mol. The molecule has 158 valence electrons. The van der Waals surface area contributed by atoms with Gasteiger partial charge in [-0.1, -0.05) is 48.9 Å². The van der Waals surface area contributed by atoms with Crippen LogP contribution in [0.15, 0.2) is 60.7 Å². The zero-order valence-corrected chi connectivity index (χ0v) is 20.3. The monoisotopic (exact) mass is 465 g/mol. The molecule has 1 saturated carbocycles. The second-order valence-electron chi connectivity index (χ2n) is 7.40. The van der Waals surface area contributed by atoms with Crippen LogP contribution in [0.1, 0.15) is 41.9 Å². The number of hydrogen-bond donors (Lipinski definition) is 0. The van der Waals surface area contributed by atoms with Gasteiger partial charge in [0.15, 0.2) is 0 Å². The summed E-state index contributed by atoms with van der Waals surface area (Å²) in [6.07, 6.45) is 11.2. The average molecular weight is 466 g/mol. The first kappa shape index (κ1) is 26.3. The van der Waals surface area contributed by atoms with Gasteiger partial charge in [-0.25, -0.2) is 0 Å². The molecule has 0 spiro atoms. The van der Waals surface area contributed by atoms with E-state index in [2.05, 4.69) is 68.8 Å². The molecule has 1 fully saturated rings. The van der Waals surface area contributed by atoms with Gasteiger partial charge in [-0.3, -0.25) is 0 Å². The number of hydrogen-bond acceptors (Lipinski definition) is 1. The summed E-state index contributed by atoms with van der Waals surface area (Å²) in [7, 11) is 14.2. The Kier molecular flexibility index (Phi) is 13.0. The van der Waals surface area contributed by atoms with Gasteiger partial charge < -0.3 is 17.5 Å². The smallest absolute Gasteiger partial charge is 0.693 e. The van der Waals surface area contributed by atoms with Gasteiger partial charge in [-0.15, -0.1) is 12.1 Å². The summed E-state index contributed by atoms with van der Waals surface area (Å²) in [6.45, 7) is 3.72. The molecule has 2 aliphatic carbocycles. The molecule has 4 rings (SSSR count). The maximum absolute atomic E-state index is 4.89. The Balaban J connectivity index is 0.000000321. The molecule has 2 nitrogen and oxygen atoms in total. The van der Waals surface area contributed by atoms with Crippen LogP contribution in [0.5, 0.6) is 0 Å². The molecule has 3 atom stereocenters. The average Bonchev–Trinajstić information content (AvgIpc) is 3.14. The van der Waals surface area contributed by atoms with E-state index in [0.717, 1.165) is 17.5 Å². The van der Waals surface area contributed by atoms with Gasteiger partial charge in [0.1, 0.15) is 0 Å². The fraction of sp³-hybridized carbons (Fsp3) is 0.333. The fourth-order valence-corrected chi connectivity index (χ4v) is 3.88. The van der Waals surface area contributed by atoms with Crippen LogP contribution >= 0.6 is 18.6 Å². The van der Waals surface area contributed by atoms with E-state index in [0.29, 0.717) is 5.92 Å². The summed E-state index contributed by atoms with van der Waals surface area (Å²) in [5.41, 5.74) is 4.02. The minimum Gasteiger partial charge on any atom is -0.693 e. The number of rotatable bonds is 2. The van der Waals surface area contributed by atoms with E-state index in [-0.39, 0.29) is 6.15 Å². The maximum atomic E-state index is 4.89. The number of fused-ring (bicyclic) bond motifs is 1. The van der Waals surface area contributed by atoms with Crippen molar-refractivity contribution in [1.82, 2.24) is 4.90 Å². The van der Waals surface area contributed by atoms with Crippen LogP contribution in [0, 0.1) is 19.3 Å². The zero-order chi connectivity index (χ0) is 20.4. The molecule has 2 aromatic rings. The third kappa shape index (κ3) is 8.49. The molecule has 0 bridgehead atoms. The molecule has 3 unspecified atom stereocenters. The van der Waals surface area contributed by atoms with Crippen molar-refractivity contribution in [1.29, 1.82) is 0 Å². The molecule has 29 heavy (non-hydrogen) atoms. The van der Waals surface area contributed by atoms with Crippen LogP contribution in [-0.2, 0) is 17.0 Å². The van der Waals surface area contributed by atoms with Gasteiger partial charge in [-0.05, 0) is 43.6 Å². The van der Waals surface area contributed by atoms with Crippen molar-refractivity contribution < 1.29 is 17.0 Å². The van der Waals surface area contributed by atoms with Crippen molar-refractivity contribution in [3.63, 3.8) is 0 Å². The van der Waals surface area contributed by atoms with E-state index in [1.807, 2.05) is 30.3 Å². The Bertz CT molecular complexity index is 714. The number of halogens is 2. The topological polar surface area (TPSA) is 36.7 Å². The van der Waals surface area contributed by atoms with Crippen LogP contribution in [0.25, 0.3) is 12.2 Å². The molecule has 0 aromatic heterocycles. The first-order valence-electron chi connectivity index (χ1n) is 9.67. The van der Waals surface area contributed by atoms with Crippen molar-refractivity contribution >= 4 is 24.7 Å². The molecule has 5 heteroatoms. The van der Waals surface area contributed by atoms with E-state index >= 15 is 0 Å². The molecule has 0 aliphatic heterocycles. The van der Waals surface area contributed by atoms with E-state index in [1.165, 1.54) is 30.4 Å². The molecule has 0 amide bonds. The van der Waals surface area contributed by atoms with E-state index in [9.17, 15) is 0 Å². The van der Waals surface area contributed by atoms with Crippen molar-refractivity contribution in [3.8, 4) is 0 Å². The largest absolute Gasteiger partial charge is 0.693 e. The summed E-state index contributed by atoms with van der Waals surface area (Å²) >= 11 is -0.556. The van der Waals surface area contributed by atoms with E-state index < -0.39 is 17.0 Å². The molecule has 2 aromatic carbocycles. The minimum atomic E-state index is -0.556. The van der Waals surface area contributed by atoms with Crippen LogP contribution in [0.3, 0.4) is 0 Å². The van der Waals surface area contributed by atoms with Gasteiger partial charge in [0, 0.05) is 0 Å². The fourth-order valence-electron chi connectivity index (χ4n) is 3.88. The minimum absolute atomic E-state index is 0. The Morgan fingerprint density at radius 2 is 1.62 bits per heavy atom. The predicted octanol–water partition coefficient (Wildman–Crippen LogP) is 7.69. The third-order valence-electron chi connectivity index (χ3n) is 5.42. The quantitative estimate of drug-likeness (QED) is 0.330. The SMILES string of the molecule is CN(C)C1C[CH-]C(C2C=Cc3ccccc32)CC1.[CH2-]c1ccccc1.[Cl][Ti][Cl].[NH2-]. The second kappa shape index (κ2) is 14.3. The third-order valence-corrected chi connectivity index (χ3v) is 5.42. The molecule has 0 heterocycles. The molecular weight excluding hydrogens is 435 g/mol. The van der Waals surface area contributed by atoms with Gasteiger partial charge in [0.05, 0.1) is 0 Å². The van der Waals surface area contributed by atoms with Crippen molar-refractivity contribution in [3.05, 3.63) is 96.9 Å². The van der Waals surface area contributed by atoms with Gasteiger partial charge >= 0.3 is 35.6 Å². The van der Waals surface area contributed by atoms with Crippen molar-refractivity contribution in [2.75, 3.05) is 14.1 Å². The van der Waals surface area contributed by atoms with Gasteiger partial charge in [-0.2, -0.15) is 37.0 Å². The van der Waals surface area contributed by atoms with Crippen molar-refractivity contribution in [2.24, 2.45) is 5.92 Å². The normalized spacial score (nSPS) is 21.6. The Morgan fingerprint density at radius 1 is 1.00 bits per heavy atom. The zero-order valence-electron chi connectivity index (χ0n) is 17.3. The van der Waals surface area contributed by atoms with Crippen molar-refractivity contribution in [2.45, 2.75) is 31.2 Å². The summed E-state index contributed by atoms with van der Waals surface area (Å²) in [6, 6.07) is 19.5. The standard InChI is InChI=1S/C17H22N.C7H7.2ClH.H2N.Ti/c1-18(2)15-10-7-14(8-11-15)17-12-9-13-5-3-4-6-16(13)17;1-7-5-3-2-4-6-7;;;;/h3-7,9,12,14-15,17H,8,10-11H2,1-2H3;2-6H,1H2;2*1H;1H2;/q2*-1;;;-1;+2/p-2. The molecule has 0 radical (unpaired) electrons. The van der Waals surface area contributed by atoms with Gasteiger partial charge in [0.25, 0.3) is 0 Å². The van der Waals surface area contributed by atoms with Crippen LogP contribution in [0.4, 0.5) is 0 Å². The maximum Gasteiger partial charge on any atom is -0.693 e. The first-order valence-corrected chi connectivity index (χ1v) is 14.0. The Labute approximate surface area is 193 Å². The number of allylic oxidation sites excluding steroid dienone is 1. The van der Waals surface area contributed by atoms with Crippen LogP contribution < -0.4 is 0 Å². The first-order chi connectivity index (χ1) is 13.6. The van der Waals surface area contributed by atoms with E-state index in [1.54, 1.807) is 0 Å². The number of benzene rings is 2. The van der Waals surface area contributed by atoms with Gasteiger partial charge in [0.2, 0.25) is 0 Å². The van der Waals surface area contributed by atoms with E-state index in [4.69, 9.17) is 18.6 Å². The number of nitrogens with two attached hydrogens (primary N) is 1. The summed E-state index contributed by atoms with van der Waals surface area (Å²) in [5, 5.41) is 0. The van der Waals surface area contributed by atoms with Crippen LogP contribution in [-0.4, -0.2) is 25.0 Å². The summed E-state index contributed by atoms with van der Waals surface area (Å²) in [4.78, 5) is 2.37. The summed E-state index contributed by atoms with van der Waals surface area (Å²) in [5.74, 6) is 1.37. The second-order valence-corrected chi connectivity index (χ2v) is 9.98. The molecule has 0 saturated heterocycles. The molecule has 2 N–H and O–H groups in total. The Morgan fingerprint density at radius 3 is 2.14 bits per heavy atom. The number of nitrogens with zero attached hydrogens (tertiary/aromatic N) is 1. The summed E-state index contributed by atoms with van der Waals surface area (Å²) < 4.78 is 0. The molecule has 2 aliphatic rings. The van der Waals surface area contributed by atoms with Crippen LogP contribution in [0.2, 0.25) is 0 Å².